The van der Waals surface area contributed by atoms with E-state index in [1.165, 1.54) is 0 Å². The van der Waals surface area contributed by atoms with Gasteiger partial charge in [0.2, 0.25) is 0 Å². The number of esters is 1. The van der Waals surface area contributed by atoms with E-state index in [0.29, 0.717) is 0 Å². The molecule has 0 aliphatic heterocycles. The number of rotatable bonds is 5. The smallest absolute Gasteiger partial charge is 0.330 e. The molecule has 0 rings (SSSR count). The number of ether oxygens (including phenoxy) is 1. The van der Waals surface area contributed by atoms with Gasteiger partial charge in [0.05, 0.1) is 19.3 Å². The molecular weight excluding hydrogens is 202 g/mol. The average molecular weight is 215 g/mol. The number of carbonyl (C=O) groups excluding carboxylic acids is 2. The van der Waals surface area contributed by atoms with Gasteiger partial charge in [-0.25, -0.2) is 4.79 Å². The van der Waals surface area contributed by atoms with Crippen LogP contribution in [-0.2, 0) is 14.3 Å². The minimum absolute atomic E-state index is 0.114. The van der Waals surface area contributed by atoms with Crippen molar-refractivity contribution in [3.63, 3.8) is 0 Å². The molecule has 84 valence electrons. The first-order valence-corrected chi connectivity index (χ1v) is 4.02. The van der Waals surface area contributed by atoms with E-state index in [-0.39, 0.29) is 5.57 Å². The summed E-state index contributed by atoms with van der Waals surface area (Å²) in [5, 5.41) is 17.8. The van der Waals surface area contributed by atoms with Crippen LogP contribution in [0.25, 0.3) is 0 Å². The van der Waals surface area contributed by atoms with Crippen molar-refractivity contribution < 1.29 is 19.4 Å². The van der Waals surface area contributed by atoms with E-state index in [1.807, 2.05) is 0 Å². The van der Waals surface area contributed by atoms with Gasteiger partial charge in [0.1, 0.15) is 0 Å². The van der Waals surface area contributed by atoms with Crippen molar-refractivity contribution in [3.05, 3.63) is 11.8 Å². The molecule has 0 aliphatic rings. The van der Waals surface area contributed by atoms with Gasteiger partial charge in [-0.3, -0.25) is 4.79 Å². The third kappa shape index (κ3) is 3.77. The van der Waals surface area contributed by atoms with Crippen LogP contribution in [0, 0.1) is 5.41 Å². The first-order chi connectivity index (χ1) is 7.10. The molecular formula is C8H13N3O4. The fraction of sp³-hybridized carbons (Fsp3) is 0.375. The molecule has 0 fully saturated rings. The maximum absolute atomic E-state index is 11.3. The zero-order chi connectivity index (χ0) is 11.8. The summed E-state index contributed by atoms with van der Waals surface area (Å²) in [6, 6.07) is -1.16. The van der Waals surface area contributed by atoms with Crippen molar-refractivity contribution in [2.24, 2.45) is 5.73 Å². The molecule has 0 saturated carbocycles. The summed E-state index contributed by atoms with van der Waals surface area (Å²) in [4.78, 5) is 22.2. The Labute approximate surface area is 86.4 Å². The molecule has 1 unspecified atom stereocenters. The Morgan fingerprint density at radius 1 is 1.67 bits per heavy atom. The summed E-state index contributed by atoms with van der Waals surface area (Å²) in [6.45, 7) is -0.589. The third-order valence-corrected chi connectivity index (χ3v) is 1.57. The zero-order valence-corrected chi connectivity index (χ0v) is 8.19. The second kappa shape index (κ2) is 6.55. The van der Waals surface area contributed by atoms with Crippen molar-refractivity contribution in [1.29, 1.82) is 5.41 Å². The van der Waals surface area contributed by atoms with Gasteiger partial charge < -0.3 is 26.3 Å². The van der Waals surface area contributed by atoms with Crippen LogP contribution in [0.5, 0.6) is 0 Å². The summed E-state index contributed by atoms with van der Waals surface area (Å²) < 4.78 is 4.33. The van der Waals surface area contributed by atoms with Gasteiger partial charge in [0.15, 0.2) is 6.04 Å². The Balaban J connectivity index is 4.49. The van der Waals surface area contributed by atoms with E-state index >= 15 is 0 Å². The molecule has 5 N–H and O–H groups in total. The highest BCUT2D eigenvalue weighted by Crippen LogP contribution is 1.92. The van der Waals surface area contributed by atoms with Crippen molar-refractivity contribution in [2.75, 3.05) is 13.7 Å². The number of aliphatic hydroxyl groups is 1. The van der Waals surface area contributed by atoms with Crippen molar-refractivity contribution in [2.45, 2.75) is 6.04 Å². The normalized spacial score (nSPS) is 12.8. The Morgan fingerprint density at radius 2 is 2.27 bits per heavy atom. The summed E-state index contributed by atoms with van der Waals surface area (Å²) >= 11 is 0. The standard InChI is InChI=1S/C8H13N3O4/c1-15-8(14)6(4-12)11-7(13)5(2-9)3-10/h2-3,6,9,12H,4,10H2,1H3,(H,11,13)/b5-3+,9-2?. The zero-order valence-electron chi connectivity index (χ0n) is 8.19. The molecule has 0 saturated heterocycles. The molecule has 15 heavy (non-hydrogen) atoms. The highest BCUT2D eigenvalue weighted by molar-refractivity contribution is 6.11. The third-order valence-electron chi connectivity index (χ3n) is 1.57. The van der Waals surface area contributed by atoms with Crippen molar-refractivity contribution >= 4 is 18.1 Å². The SMILES string of the molecule is COC(=O)C(CO)NC(=O)/C(C=N)=C/N. The molecule has 1 amide bonds. The Bertz CT molecular complexity index is 288. The summed E-state index contributed by atoms with van der Waals surface area (Å²) in [5.74, 6) is -1.50. The number of hydrogen-bond donors (Lipinski definition) is 4. The number of amides is 1. The Kier molecular flexibility index (Phi) is 5.72. The maximum Gasteiger partial charge on any atom is 0.330 e. The summed E-state index contributed by atoms with van der Waals surface area (Å²) in [6.07, 6.45) is 1.66. The van der Waals surface area contributed by atoms with Crippen LogP contribution in [0.15, 0.2) is 11.8 Å². The lowest BCUT2D eigenvalue weighted by atomic mass is 10.2. The lowest BCUT2D eigenvalue weighted by Gasteiger charge is -2.13. The van der Waals surface area contributed by atoms with E-state index in [0.717, 1.165) is 19.5 Å². The number of aliphatic hydroxyl groups excluding tert-OH is 1. The van der Waals surface area contributed by atoms with Gasteiger partial charge in [-0.15, -0.1) is 0 Å². The molecule has 0 bridgehead atoms. The Hall–Kier alpha value is -1.89. The fourth-order valence-corrected chi connectivity index (χ4v) is 0.752. The topological polar surface area (TPSA) is 125 Å². The Morgan fingerprint density at radius 3 is 2.60 bits per heavy atom. The minimum Gasteiger partial charge on any atom is -0.467 e. The first-order valence-electron chi connectivity index (χ1n) is 4.02. The van der Waals surface area contributed by atoms with Gasteiger partial charge in [0.25, 0.3) is 5.91 Å². The largest absolute Gasteiger partial charge is 0.467 e. The van der Waals surface area contributed by atoms with Gasteiger partial charge in [-0.2, -0.15) is 0 Å². The van der Waals surface area contributed by atoms with Crippen LogP contribution in [-0.4, -0.2) is 43.0 Å². The molecule has 1 atom stereocenters. The molecule has 0 aromatic rings. The summed E-state index contributed by atoms with van der Waals surface area (Å²) in [5.41, 5.74) is 4.94. The molecule has 7 nitrogen and oxygen atoms in total. The van der Waals surface area contributed by atoms with Crippen LogP contribution in [0.4, 0.5) is 0 Å². The fourth-order valence-electron chi connectivity index (χ4n) is 0.752. The van der Waals surface area contributed by atoms with Gasteiger partial charge in [0, 0.05) is 12.4 Å². The van der Waals surface area contributed by atoms with Gasteiger partial charge in [-0.05, 0) is 0 Å². The van der Waals surface area contributed by atoms with E-state index in [4.69, 9.17) is 16.2 Å². The lowest BCUT2D eigenvalue weighted by molar-refractivity contribution is -0.145. The molecule has 0 aromatic carbocycles. The van der Waals surface area contributed by atoms with E-state index < -0.39 is 24.5 Å². The van der Waals surface area contributed by atoms with Crippen molar-refractivity contribution in [3.8, 4) is 0 Å². The molecule has 0 aliphatic carbocycles. The maximum atomic E-state index is 11.3. The second-order valence-corrected chi connectivity index (χ2v) is 2.50. The predicted molar refractivity (Wildman–Crippen MR) is 52.1 cm³/mol. The quantitative estimate of drug-likeness (QED) is 0.243. The van der Waals surface area contributed by atoms with E-state index in [1.54, 1.807) is 0 Å². The van der Waals surface area contributed by atoms with Crippen LogP contribution in [0.2, 0.25) is 0 Å². The highest BCUT2D eigenvalue weighted by atomic mass is 16.5. The molecule has 7 heteroatoms. The molecule has 0 aromatic heterocycles. The number of nitrogens with one attached hydrogen (secondary N) is 2. The molecule has 0 heterocycles. The predicted octanol–water partition coefficient (Wildman–Crippen LogP) is -1.87. The van der Waals surface area contributed by atoms with Gasteiger partial charge in [-0.1, -0.05) is 0 Å². The van der Waals surface area contributed by atoms with E-state index in [9.17, 15) is 9.59 Å². The second-order valence-electron chi connectivity index (χ2n) is 2.50. The monoisotopic (exact) mass is 215 g/mol. The molecule has 0 radical (unpaired) electrons. The van der Waals surface area contributed by atoms with Crippen LogP contribution < -0.4 is 11.1 Å². The first kappa shape index (κ1) is 13.1. The van der Waals surface area contributed by atoms with Gasteiger partial charge >= 0.3 is 5.97 Å². The number of methoxy groups -OCH3 is 1. The van der Waals surface area contributed by atoms with Crippen LogP contribution in [0.3, 0.4) is 0 Å². The van der Waals surface area contributed by atoms with Crippen LogP contribution >= 0.6 is 0 Å². The van der Waals surface area contributed by atoms with Crippen molar-refractivity contribution in [1.82, 2.24) is 5.32 Å². The molecule has 0 spiro atoms. The lowest BCUT2D eigenvalue weighted by Crippen LogP contribution is -2.44. The minimum atomic E-state index is -1.16. The number of carbonyl (C=O) groups is 2. The number of nitrogens with two attached hydrogens (primary N) is 1. The summed E-state index contributed by atoms with van der Waals surface area (Å²) in [7, 11) is 1.13. The highest BCUT2D eigenvalue weighted by Gasteiger charge is 2.21. The van der Waals surface area contributed by atoms with E-state index in [2.05, 4.69) is 10.1 Å². The number of hydrogen-bond acceptors (Lipinski definition) is 6. The average Bonchev–Trinajstić information content (AvgIpc) is 2.26. The van der Waals surface area contributed by atoms with Crippen LogP contribution in [0.1, 0.15) is 0 Å².